The molecular formula is C17H22ClN5OS. The van der Waals surface area contributed by atoms with Crippen molar-refractivity contribution < 1.29 is 4.79 Å². The Hall–Kier alpha value is -1.70. The van der Waals surface area contributed by atoms with Crippen molar-refractivity contribution in [3.8, 4) is 0 Å². The van der Waals surface area contributed by atoms with Crippen LogP contribution in [0.25, 0.3) is 11.0 Å². The topological polar surface area (TPSA) is 87.0 Å². The Morgan fingerprint density at radius 3 is 3.08 bits per heavy atom. The first-order valence-electron chi connectivity index (χ1n) is 8.32. The van der Waals surface area contributed by atoms with Gasteiger partial charge in [0.2, 0.25) is 0 Å². The maximum Gasteiger partial charge on any atom is 0.259 e. The largest absolute Gasteiger partial charge is 0.347 e. The fourth-order valence-electron chi connectivity index (χ4n) is 3.42. The van der Waals surface area contributed by atoms with Gasteiger partial charge in [-0.25, -0.2) is 4.98 Å². The van der Waals surface area contributed by atoms with Gasteiger partial charge in [-0.1, -0.05) is 0 Å². The van der Waals surface area contributed by atoms with Crippen LogP contribution in [0.2, 0.25) is 0 Å². The lowest BCUT2D eigenvalue weighted by Crippen LogP contribution is -2.44. The number of nitrogens with zero attached hydrogens (tertiary/aromatic N) is 2. The number of aromatic nitrogens is 2. The Morgan fingerprint density at radius 2 is 2.28 bits per heavy atom. The number of thioether (sulfide) groups is 1. The van der Waals surface area contributed by atoms with Gasteiger partial charge in [0.25, 0.3) is 5.91 Å². The fourth-order valence-corrected chi connectivity index (χ4v) is 4.32. The molecule has 1 aliphatic heterocycles. The maximum atomic E-state index is 12.6. The Morgan fingerprint density at radius 1 is 1.40 bits per heavy atom. The van der Waals surface area contributed by atoms with Crippen LogP contribution in [0.5, 0.6) is 0 Å². The third-order valence-electron chi connectivity index (χ3n) is 4.72. The summed E-state index contributed by atoms with van der Waals surface area (Å²) in [6.07, 6.45) is 8.69. The monoisotopic (exact) mass is 379 g/mol. The number of aromatic amines is 1. The van der Waals surface area contributed by atoms with E-state index in [9.17, 15) is 4.79 Å². The van der Waals surface area contributed by atoms with E-state index in [-0.39, 0.29) is 30.4 Å². The summed E-state index contributed by atoms with van der Waals surface area (Å²) in [5.74, 6) is 0.871. The van der Waals surface area contributed by atoms with Gasteiger partial charge in [0.1, 0.15) is 5.65 Å². The minimum Gasteiger partial charge on any atom is -0.347 e. The fraction of sp³-hybridized carbons (Fsp3) is 0.412. The zero-order valence-electron chi connectivity index (χ0n) is 13.8. The molecule has 3 heterocycles. The highest BCUT2D eigenvalue weighted by molar-refractivity contribution is 8.04. The van der Waals surface area contributed by atoms with E-state index in [0.717, 1.165) is 53.2 Å². The van der Waals surface area contributed by atoms with Crippen molar-refractivity contribution in [2.24, 2.45) is 5.73 Å². The lowest BCUT2D eigenvalue weighted by molar-refractivity contribution is -0.117. The number of anilines is 1. The number of hydrogen-bond donors (Lipinski definition) is 3. The first-order chi connectivity index (χ1) is 11.7. The molecule has 0 radical (unpaired) electrons. The SMILES string of the molecule is Cl.N[C@H]1CCC[C@@H]1NC(=O)C1=CN(c2ccnc3[nH]ccc23)CCS1. The molecule has 2 aromatic rings. The van der Waals surface area contributed by atoms with Crippen LogP contribution in [0, 0.1) is 0 Å². The number of carbonyl (C=O) groups excluding carboxylic acids is 1. The lowest BCUT2D eigenvalue weighted by atomic mass is 10.2. The molecule has 1 fully saturated rings. The summed E-state index contributed by atoms with van der Waals surface area (Å²) in [6, 6.07) is 4.20. The van der Waals surface area contributed by atoms with E-state index in [1.807, 2.05) is 24.5 Å². The summed E-state index contributed by atoms with van der Waals surface area (Å²) < 4.78 is 0. The van der Waals surface area contributed by atoms with Crippen LogP contribution in [0.4, 0.5) is 5.69 Å². The van der Waals surface area contributed by atoms with E-state index in [2.05, 4.69) is 20.2 Å². The summed E-state index contributed by atoms with van der Waals surface area (Å²) >= 11 is 1.60. The molecule has 0 saturated heterocycles. The summed E-state index contributed by atoms with van der Waals surface area (Å²) in [4.78, 5) is 22.9. The van der Waals surface area contributed by atoms with Crippen LogP contribution in [-0.4, -0.2) is 40.3 Å². The summed E-state index contributed by atoms with van der Waals surface area (Å²) in [6.45, 7) is 0.870. The predicted molar refractivity (Wildman–Crippen MR) is 105 cm³/mol. The Balaban J connectivity index is 0.00000182. The summed E-state index contributed by atoms with van der Waals surface area (Å²) in [7, 11) is 0. The van der Waals surface area contributed by atoms with Gasteiger partial charge in [0, 0.05) is 48.4 Å². The van der Waals surface area contributed by atoms with Gasteiger partial charge in [-0.3, -0.25) is 4.79 Å². The normalized spacial score (nSPS) is 23.2. The van der Waals surface area contributed by atoms with Gasteiger partial charge in [0.05, 0.1) is 10.6 Å². The third-order valence-corrected chi connectivity index (χ3v) is 5.71. The van der Waals surface area contributed by atoms with E-state index in [4.69, 9.17) is 5.73 Å². The molecule has 0 spiro atoms. The minimum atomic E-state index is -0.00795. The van der Waals surface area contributed by atoms with Crippen LogP contribution in [-0.2, 0) is 4.79 Å². The molecule has 2 atom stereocenters. The quantitative estimate of drug-likeness (QED) is 0.762. The molecule has 1 amide bonds. The predicted octanol–water partition coefficient (Wildman–Crippen LogP) is 2.38. The molecule has 6 nitrogen and oxygen atoms in total. The van der Waals surface area contributed by atoms with Crippen molar-refractivity contribution in [3.05, 3.63) is 35.6 Å². The minimum absolute atomic E-state index is 0. The highest BCUT2D eigenvalue weighted by Gasteiger charge is 2.27. The third kappa shape index (κ3) is 3.63. The number of amides is 1. The second-order valence-electron chi connectivity index (χ2n) is 6.28. The van der Waals surface area contributed by atoms with Crippen LogP contribution in [0.3, 0.4) is 0 Å². The van der Waals surface area contributed by atoms with Gasteiger partial charge in [-0.2, -0.15) is 0 Å². The van der Waals surface area contributed by atoms with E-state index in [1.54, 1.807) is 18.0 Å². The molecule has 25 heavy (non-hydrogen) atoms. The molecule has 2 aliphatic rings. The van der Waals surface area contributed by atoms with E-state index in [0.29, 0.717) is 0 Å². The number of nitrogens with one attached hydrogen (secondary N) is 2. The molecule has 4 rings (SSSR count). The van der Waals surface area contributed by atoms with Crippen molar-refractivity contribution in [2.45, 2.75) is 31.3 Å². The van der Waals surface area contributed by atoms with Gasteiger partial charge >= 0.3 is 0 Å². The summed E-state index contributed by atoms with van der Waals surface area (Å²) in [5.41, 5.74) is 8.00. The van der Waals surface area contributed by atoms with Gasteiger partial charge in [0.15, 0.2) is 0 Å². The number of carbonyl (C=O) groups is 1. The smallest absolute Gasteiger partial charge is 0.259 e. The van der Waals surface area contributed by atoms with Crippen LogP contribution < -0.4 is 16.0 Å². The van der Waals surface area contributed by atoms with Crippen LogP contribution in [0.1, 0.15) is 19.3 Å². The molecule has 1 aliphatic carbocycles. The number of hydrogen-bond acceptors (Lipinski definition) is 5. The van der Waals surface area contributed by atoms with Crippen molar-refractivity contribution in [2.75, 3.05) is 17.2 Å². The zero-order valence-corrected chi connectivity index (χ0v) is 15.4. The first kappa shape index (κ1) is 18.1. The molecular weight excluding hydrogens is 358 g/mol. The van der Waals surface area contributed by atoms with Crippen LogP contribution in [0.15, 0.2) is 35.6 Å². The number of fused-ring (bicyclic) bond motifs is 1. The van der Waals surface area contributed by atoms with E-state index < -0.39 is 0 Å². The maximum absolute atomic E-state index is 12.6. The second-order valence-corrected chi connectivity index (χ2v) is 7.42. The molecule has 0 bridgehead atoms. The Kier molecular flexibility index (Phi) is 5.56. The van der Waals surface area contributed by atoms with Crippen molar-refractivity contribution in [1.82, 2.24) is 15.3 Å². The number of halogens is 1. The Labute approximate surface area is 157 Å². The van der Waals surface area contributed by atoms with Crippen molar-refractivity contribution in [1.29, 1.82) is 0 Å². The van der Waals surface area contributed by atoms with E-state index in [1.165, 1.54) is 0 Å². The highest BCUT2D eigenvalue weighted by Crippen LogP contribution is 2.30. The lowest BCUT2D eigenvalue weighted by Gasteiger charge is -2.27. The average molecular weight is 380 g/mol. The highest BCUT2D eigenvalue weighted by atomic mass is 35.5. The molecule has 4 N–H and O–H groups in total. The summed E-state index contributed by atoms with van der Waals surface area (Å²) in [5, 5.41) is 4.17. The molecule has 2 aromatic heterocycles. The average Bonchev–Trinajstić information content (AvgIpc) is 3.24. The van der Waals surface area contributed by atoms with Gasteiger partial charge in [-0.15, -0.1) is 24.2 Å². The molecule has 1 saturated carbocycles. The van der Waals surface area contributed by atoms with Gasteiger partial charge in [-0.05, 0) is 31.4 Å². The number of H-pyrrole nitrogens is 1. The molecule has 0 aromatic carbocycles. The number of pyridine rings is 1. The zero-order chi connectivity index (χ0) is 16.5. The van der Waals surface area contributed by atoms with Crippen molar-refractivity contribution in [3.63, 3.8) is 0 Å². The number of nitrogens with two attached hydrogens (primary N) is 1. The standard InChI is InChI=1S/C17H21N5OS.ClH/c18-12-2-1-3-13(12)21-17(23)15-10-22(8-9-24-15)14-5-7-20-16-11(14)4-6-19-16;/h4-7,10,12-13H,1-3,8-9,18H2,(H,19,20)(H,21,23);1H/t12-,13-;/m0./s1. The van der Waals surface area contributed by atoms with Gasteiger partial charge < -0.3 is 20.9 Å². The molecule has 134 valence electrons. The first-order valence-corrected chi connectivity index (χ1v) is 9.31. The second kappa shape index (κ2) is 7.68. The number of rotatable bonds is 3. The van der Waals surface area contributed by atoms with Crippen LogP contribution >= 0.6 is 24.2 Å². The van der Waals surface area contributed by atoms with Crippen molar-refractivity contribution >= 4 is 46.8 Å². The van der Waals surface area contributed by atoms with E-state index >= 15 is 0 Å². The molecule has 8 heteroatoms. The Bertz CT molecular complexity index is 792. The molecule has 0 unspecified atom stereocenters.